The van der Waals surface area contributed by atoms with Crippen LogP contribution in [0.15, 0.2) is 36.7 Å². The van der Waals surface area contributed by atoms with Crippen molar-refractivity contribution in [3.05, 3.63) is 36.7 Å². The van der Waals surface area contributed by atoms with Crippen LogP contribution in [-0.4, -0.2) is 30.2 Å². The summed E-state index contributed by atoms with van der Waals surface area (Å²) >= 11 is 0. The predicted molar refractivity (Wildman–Crippen MR) is 76.0 cm³/mol. The predicted octanol–water partition coefficient (Wildman–Crippen LogP) is 2.42. The maximum atomic E-state index is 4.26. The summed E-state index contributed by atoms with van der Waals surface area (Å²) in [5.74, 6) is 0. The van der Waals surface area contributed by atoms with Gasteiger partial charge in [0.25, 0.3) is 0 Å². The van der Waals surface area contributed by atoms with Crippen molar-refractivity contribution in [2.45, 2.75) is 19.4 Å². The zero-order valence-corrected chi connectivity index (χ0v) is 11.0. The van der Waals surface area contributed by atoms with Crippen molar-refractivity contribution in [1.29, 1.82) is 0 Å². The molecule has 0 saturated carbocycles. The molecule has 0 radical (unpaired) electrons. The first kappa shape index (κ1) is 11.5. The second-order valence-electron chi connectivity index (χ2n) is 5.61. The number of hydrogen-bond acceptors (Lipinski definition) is 3. The highest BCUT2D eigenvalue weighted by Crippen LogP contribution is 2.28. The minimum absolute atomic E-state index is 0.169. The number of rotatable bonds is 1. The lowest BCUT2D eigenvalue weighted by atomic mass is 10.0. The van der Waals surface area contributed by atoms with Crippen molar-refractivity contribution in [1.82, 2.24) is 10.3 Å². The molecule has 2 heterocycles. The molecule has 3 nitrogen and oxygen atoms in total. The molecule has 0 aliphatic carbocycles. The van der Waals surface area contributed by atoms with Crippen molar-refractivity contribution in [2.75, 3.05) is 24.5 Å². The van der Waals surface area contributed by atoms with Crippen LogP contribution in [0.25, 0.3) is 10.8 Å². The van der Waals surface area contributed by atoms with Crippen LogP contribution in [-0.2, 0) is 0 Å². The van der Waals surface area contributed by atoms with E-state index in [4.69, 9.17) is 0 Å². The zero-order chi connectivity index (χ0) is 12.6. The van der Waals surface area contributed by atoms with Crippen LogP contribution in [0.2, 0.25) is 0 Å². The monoisotopic (exact) mass is 241 g/mol. The molecule has 1 aliphatic heterocycles. The van der Waals surface area contributed by atoms with Crippen LogP contribution < -0.4 is 10.2 Å². The molecule has 1 saturated heterocycles. The quantitative estimate of drug-likeness (QED) is 0.831. The van der Waals surface area contributed by atoms with Gasteiger partial charge in [-0.15, -0.1) is 0 Å². The number of nitrogens with one attached hydrogen (secondary N) is 1. The first-order chi connectivity index (χ1) is 8.66. The van der Waals surface area contributed by atoms with Crippen LogP contribution >= 0.6 is 0 Å². The van der Waals surface area contributed by atoms with E-state index in [-0.39, 0.29) is 5.54 Å². The summed E-state index contributed by atoms with van der Waals surface area (Å²) in [7, 11) is 0. The lowest BCUT2D eigenvalue weighted by Gasteiger charge is -2.40. The summed E-state index contributed by atoms with van der Waals surface area (Å²) in [6.07, 6.45) is 3.83. The molecule has 1 N–H and O–H groups in total. The van der Waals surface area contributed by atoms with Crippen LogP contribution in [0.1, 0.15) is 13.8 Å². The van der Waals surface area contributed by atoms with E-state index >= 15 is 0 Å². The van der Waals surface area contributed by atoms with Crippen molar-refractivity contribution >= 4 is 16.5 Å². The molecule has 0 spiro atoms. The first-order valence-electron chi connectivity index (χ1n) is 6.48. The topological polar surface area (TPSA) is 28.2 Å². The molecular weight excluding hydrogens is 222 g/mol. The molecule has 94 valence electrons. The van der Waals surface area contributed by atoms with Gasteiger partial charge in [0.15, 0.2) is 0 Å². The molecule has 18 heavy (non-hydrogen) atoms. The van der Waals surface area contributed by atoms with E-state index < -0.39 is 0 Å². The van der Waals surface area contributed by atoms with E-state index in [9.17, 15) is 0 Å². The lowest BCUT2D eigenvalue weighted by Crippen LogP contribution is -2.57. The molecule has 0 amide bonds. The number of nitrogens with zero attached hydrogens (tertiary/aromatic N) is 2. The Morgan fingerprint density at radius 2 is 2.17 bits per heavy atom. The lowest BCUT2D eigenvalue weighted by molar-refractivity contribution is 0.353. The molecule has 1 aliphatic rings. The number of pyridine rings is 1. The Morgan fingerprint density at radius 3 is 3.00 bits per heavy atom. The van der Waals surface area contributed by atoms with Crippen LogP contribution in [0.5, 0.6) is 0 Å². The van der Waals surface area contributed by atoms with Crippen molar-refractivity contribution in [3.8, 4) is 0 Å². The van der Waals surface area contributed by atoms with E-state index in [0.717, 1.165) is 19.6 Å². The number of piperazine rings is 1. The number of benzene rings is 1. The van der Waals surface area contributed by atoms with Gasteiger partial charge in [0.05, 0.1) is 0 Å². The molecule has 2 aromatic rings. The minimum Gasteiger partial charge on any atom is -0.368 e. The molecule has 3 heteroatoms. The molecular formula is C15H19N3. The summed E-state index contributed by atoms with van der Waals surface area (Å²) in [5.41, 5.74) is 1.47. The normalized spacial score (nSPS) is 19.1. The van der Waals surface area contributed by atoms with E-state index in [0.29, 0.717) is 0 Å². The second-order valence-corrected chi connectivity index (χ2v) is 5.61. The molecule has 0 unspecified atom stereocenters. The maximum absolute atomic E-state index is 4.26. The third kappa shape index (κ3) is 2.06. The van der Waals surface area contributed by atoms with Crippen LogP contribution in [0, 0.1) is 0 Å². The van der Waals surface area contributed by atoms with Crippen LogP contribution in [0.4, 0.5) is 5.69 Å². The van der Waals surface area contributed by atoms with Crippen molar-refractivity contribution in [2.24, 2.45) is 0 Å². The van der Waals surface area contributed by atoms with E-state index in [1.54, 1.807) is 0 Å². The first-order valence-corrected chi connectivity index (χ1v) is 6.48. The van der Waals surface area contributed by atoms with Crippen LogP contribution in [0.3, 0.4) is 0 Å². The Kier molecular flexibility index (Phi) is 2.71. The van der Waals surface area contributed by atoms with Gasteiger partial charge in [-0.2, -0.15) is 0 Å². The second kappa shape index (κ2) is 4.25. The van der Waals surface area contributed by atoms with E-state index in [1.807, 2.05) is 12.4 Å². The smallest absolute Gasteiger partial charge is 0.0462 e. The average molecular weight is 241 g/mol. The minimum atomic E-state index is 0.169. The summed E-state index contributed by atoms with van der Waals surface area (Å²) in [5, 5.41) is 6.06. The molecule has 3 rings (SSSR count). The van der Waals surface area contributed by atoms with Gasteiger partial charge in [0.2, 0.25) is 0 Å². The Hall–Kier alpha value is -1.61. The molecule has 0 atom stereocenters. The number of anilines is 1. The van der Waals surface area contributed by atoms with Crippen molar-refractivity contribution < 1.29 is 0 Å². The SMILES string of the molecule is CC1(C)CN(c2cccc3ccncc23)CCN1. The summed E-state index contributed by atoms with van der Waals surface area (Å²) in [6.45, 7) is 7.62. The number of aromatic nitrogens is 1. The van der Waals surface area contributed by atoms with Gasteiger partial charge in [0.1, 0.15) is 0 Å². The molecule has 1 aromatic carbocycles. The van der Waals surface area contributed by atoms with Gasteiger partial charge < -0.3 is 10.2 Å². The van der Waals surface area contributed by atoms with Gasteiger partial charge >= 0.3 is 0 Å². The third-order valence-corrected chi connectivity index (χ3v) is 3.57. The molecule has 0 bridgehead atoms. The third-order valence-electron chi connectivity index (χ3n) is 3.57. The number of hydrogen-bond donors (Lipinski definition) is 1. The fourth-order valence-electron chi connectivity index (χ4n) is 2.72. The summed E-state index contributed by atoms with van der Waals surface area (Å²) < 4.78 is 0. The molecule has 1 fully saturated rings. The highest BCUT2D eigenvalue weighted by atomic mass is 15.2. The van der Waals surface area contributed by atoms with E-state index in [2.05, 4.69) is 53.3 Å². The highest BCUT2D eigenvalue weighted by molar-refractivity contribution is 5.93. The summed E-state index contributed by atoms with van der Waals surface area (Å²) in [6, 6.07) is 8.55. The molecule has 1 aromatic heterocycles. The van der Waals surface area contributed by atoms with Gasteiger partial charge in [-0.25, -0.2) is 0 Å². The fraction of sp³-hybridized carbons (Fsp3) is 0.400. The Labute approximate surface area is 108 Å². The number of fused-ring (bicyclic) bond motifs is 1. The average Bonchev–Trinajstić information content (AvgIpc) is 2.37. The van der Waals surface area contributed by atoms with E-state index in [1.165, 1.54) is 16.5 Å². The standard InChI is InChI=1S/C15H19N3/c1-15(2)11-18(9-8-17-15)14-5-3-4-12-6-7-16-10-13(12)14/h3-7,10,17H,8-9,11H2,1-2H3. The van der Waals surface area contributed by atoms with Gasteiger partial charge in [-0.1, -0.05) is 12.1 Å². The van der Waals surface area contributed by atoms with Gasteiger partial charge in [-0.3, -0.25) is 4.98 Å². The van der Waals surface area contributed by atoms with Gasteiger partial charge in [-0.05, 0) is 31.4 Å². The van der Waals surface area contributed by atoms with Gasteiger partial charge in [0, 0.05) is 48.6 Å². The zero-order valence-electron chi connectivity index (χ0n) is 11.0. The maximum Gasteiger partial charge on any atom is 0.0462 e. The Balaban J connectivity index is 2.04. The van der Waals surface area contributed by atoms with Crippen molar-refractivity contribution in [3.63, 3.8) is 0 Å². The fourth-order valence-corrected chi connectivity index (χ4v) is 2.72. The highest BCUT2D eigenvalue weighted by Gasteiger charge is 2.26. The Morgan fingerprint density at radius 1 is 1.28 bits per heavy atom. The summed E-state index contributed by atoms with van der Waals surface area (Å²) in [4.78, 5) is 6.72. The Bertz CT molecular complexity index is 557. The largest absolute Gasteiger partial charge is 0.368 e.